The predicted molar refractivity (Wildman–Crippen MR) is 72.6 cm³/mol. The first-order chi connectivity index (χ1) is 9.65. The van der Waals surface area contributed by atoms with Gasteiger partial charge in [-0.25, -0.2) is 14.6 Å². The molecule has 2 saturated carbocycles. The molecule has 1 aromatic rings. The molecule has 1 heterocycles. The van der Waals surface area contributed by atoms with Gasteiger partial charge in [-0.1, -0.05) is 0 Å². The van der Waals surface area contributed by atoms with E-state index in [1.54, 1.807) is 12.1 Å². The first kappa shape index (κ1) is 12.9. The number of nitrogens with zero attached hydrogens (tertiary/aromatic N) is 1. The van der Waals surface area contributed by atoms with Gasteiger partial charge >= 0.3 is 12.0 Å². The van der Waals surface area contributed by atoms with Crippen molar-refractivity contribution in [3.05, 3.63) is 24.0 Å². The van der Waals surface area contributed by atoms with Crippen LogP contribution in [0.3, 0.4) is 0 Å². The Morgan fingerprint density at radius 1 is 1.25 bits per heavy atom. The lowest BCUT2D eigenvalue weighted by Crippen LogP contribution is -2.41. The van der Waals surface area contributed by atoms with Crippen molar-refractivity contribution in [3.63, 3.8) is 0 Å². The number of hydrogen-bond acceptors (Lipinski definition) is 3. The number of aromatic carboxylic acids is 1. The molecule has 6 heteroatoms. The fourth-order valence-corrected chi connectivity index (χ4v) is 2.52. The van der Waals surface area contributed by atoms with Crippen LogP contribution in [0.4, 0.5) is 10.5 Å². The lowest BCUT2D eigenvalue weighted by atomic mass is 10.1. The van der Waals surface area contributed by atoms with Crippen LogP contribution in [0.25, 0.3) is 0 Å². The molecule has 0 atom stereocenters. The van der Waals surface area contributed by atoms with E-state index in [0.717, 1.165) is 0 Å². The largest absolute Gasteiger partial charge is 0.476 e. The van der Waals surface area contributed by atoms with E-state index >= 15 is 0 Å². The molecule has 20 heavy (non-hydrogen) atoms. The van der Waals surface area contributed by atoms with E-state index in [-0.39, 0.29) is 23.5 Å². The van der Waals surface area contributed by atoms with Gasteiger partial charge in [0.15, 0.2) is 5.69 Å². The van der Waals surface area contributed by atoms with Crippen molar-refractivity contribution in [3.8, 4) is 0 Å². The number of nitrogens with one attached hydrogen (secondary N) is 2. The van der Waals surface area contributed by atoms with Crippen LogP contribution in [0.5, 0.6) is 0 Å². The normalized spacial score (nSPS) is 17.9. The number of carbonyl (C=O) groups is 2. The molecule has 2 aliphatic carbocycles. The summed E-state index contributed by atoms with van der Waals surface area (Å²) in [6.45, 7) is 0. The molecule has 0 spiro atoms. The Labute approximate surface area is 116 Å². The second-order valence-corrected chi connectivity index (χ2v) is 5.50. The highest BCUT2D eigenvalue weighted by atomic mass is 16.4. The molecule has 0 unspecified atom stereocenters. The molecular weight excluding hydrogens is 258 g/mol. The maximum atomic E-state index is 12.0. The minimum Gasteiger partial charge on any atom is -0.476 e. The van der Waals surface area contributed by atoms with Crippen LogP contribution in [0.2, 0.25) is 0 Å². The van der Waals surface area contributed by atoms with Crippen LogP contribution < -0.4 is 10.6 Å². The SMILES string of the molecule is O=C(Nc1cccnc1C(=O)O)NC(C1CC1)C1CC1. The standard InChI is InChI=1S/C14H17N3O3/c18-13(19)12-10(2-1-7-15-12)16-14(20)17-11(8-3-4-8)9-5-6-9/h1-2,7-9,11H,3-6H2,(H,18,19)(H2,16,17,20). The van der Waals surface area contributed by atoms with E-state index in [1.807, 2.05) is 0 Å². The van der Waals surface area contributed by atoms with Crippen LogP contribution in [-0.4, -0.2) is 28.1 Å². The topological polar surface area (TPSA) is 91.3 Å². The zero-order chi connectivity index (χ0) is 14.1. The van der Waals surface area contributed by atoms with Crippen molar-refractivity contribution in [2.45, 2.75) is 31.7 Å². The lowest BCUT2D eigenvalue weighted by molar-refractivity contribution is 0.0692. The van der Waals surface area contributed by atoms with Gasteiger partial charge < -0.3 is 15.7 Å². The van der Waals surface area contributed by atoms with Gasteiger partial charge in [-0.2, -0.15) is 0 Å². The van der Waals surface area contributed by atoms with E-state index < -0.39 is 5.97 Å². The van der Waals surface area contributed by atoms with Gasteiger partial charge in [0.2, 0.25) is 0 Å². The number of carboxylic acid groups (broad SMARTS) is 1. The van der Waals surface area contributed by atoms with Crippen molar-refractivity contribution >= 4 is 17.7 Å². The Balaban J connectivity index is 1.65. The van der Waals surface area contributed by atoms with Crippen molar-refractivity contribution in [2.75, 3.05) is 5.32 Å². The number of urea groups is 1. The summed E-state index contributed by atoms with van der Waals surface area (Å²) >= 11 is 0. The third-order valence-corrected chi connectivity index (χ3v) is 3.82. The first-order valence-corrected chi connectivity index (χ1v) is 6.91. The number of aromatic nitrogens is 1. The van der Waals surface area contributed by atoms with Crippen LogP contribution in [0.1, 0.15) is 36.2 Å². The van der Waals surface area contributed by atoms with Gasteiger partial charge in [0.25, 0.3) is 0 Å². The van der Waals surface area contributed by atoms with Crippen molar-refractivity contribution in [1.29, 1.82) is 0 Å². The second kappa shape index (κ2) is 5.11. The van der Waals surface area contributed by atoms with E-state index in [1.165, 1.54) is 31.9 Å². The van der Waals surface area contributed by atoms with Crippen molar-refractivity contribution in [1.82, 2.24) is 10.3 Å². The van der Waals surface area contributed by atoms with Gasteiger partial charge in [-0.15, -0.1) is 0 Å². The van der Waals surface area contributed by atoms with Gasteiger partial charge in [0, 0.05) is 12.2 Å². The summed E-state index contributed by atoms with van der Waals surface area (Å²) in [4.78, 5) is 26.8. The predicted octanol–water partition coefficient (Wildman–Crippen LogP) is 2.09. The molecule has 0 saturated heterocycles. The summed E-state index contributed by atoms with van der Waals surface area (Å²) in [5.41, 5.74) is 0.0832. The van der Waals surface area contributed by atoms with Crippen LogP contribution in [0, 0.1) is 11.8 Å². The minimum atomic E-state index is -1.15. The Morgan fingerprint density at radius 2 is 1.90 bits per heavy atom. The fraction of sp³-hybridized carbons (Fsp3) is 0.500. The van der Waals surface area contributed by atoms with Crippen LogP contribution >= 0.6 is 0 Å². The highest BCUT2D eigenvalue weighted by Gasteiger charge is 2.42. The number of anilines is 1. The van der Waals surface area contributed by atoms with Crippen molar-refractivity contribution < 1.29 is 14.7 Å². The molecule has 3 rings (SSSR count). The summed E-state index contributed by atoms with van der Waals surface area (Å²) in [7, 11) is 0. The molecule has 3 N–H and O–H groups in total. The zero-order valence-corrected chi connectivity index (χ0v) is 11.0. The number of amides is 2. The van der Waals surface area contributed by atoms with E-state index in [2.05, 4.69) is 15.6 Å². The monoisotopic (exact) mass is 275 g/mol. The second-order valence-electron chi connectivity index (χ2n) is 5.50. The summed E-state index contributed by atoms with van der Waals surface area (Å²) < 4.78 is 0. The number of hydrogen-bond donors (Lipinski definition) is 3. The van der Waals surface area contributed by atoms with Gasteiger partial charge in [0.05, 0.1) is 5.69 Å². The Hall–Kier alpha value is -2.11. The molecule has 0 bridgehead atoms. The number of carbonyl (C=O) groups excluding carboxylic acids is 1. The number of pyridine rings is 1. The average molecular weight is 275 g/mol. The summed E-state index contributed by atoms with van der Waals surface area (Å²) in [6.07, 6.45) is 6.09. The molecular formula is C14H17N3O3. The Morgan fingerprint density at radius 3 is 2.45 bits per heavy atom. The summed E-state index contributed by atoms with van der Waals surface area (Å²) in [5.74, 6) is 0.0454. The number of carboxylic acids is 1. The van der Waals surface area contributed by atoms with E-state index in [4.69, 9.17) is 5.11 Å². The van der Waals surface area contributed by atoms with Gasteiger partial charge in [-0.3, -0.25) is 0 Å². The Kier molecular flexibility index (Phi) is 3.30. The summed E-state index contributed by atoms with van der Waals surface area (Å²) in [5, 5.41) is 14.6. The fourth-order valence-electron chi connectivity index (χ4n) is 2.52. The number of rotatable bonds is 5. The molecule has 106 valence electrons. The molecule has 0 aromatic carbocycles. The molecule has 0 aliphatic heterocycles. The smallest absolute Gasteiger partial charge is 0.356 e. The third-order valence-electron chi connectivity index (χ3n) is 3.82. The zero-order valence-electron chi connectivity index (χ0n) is 11.0. The van der Waals surface area contributed by atoms with Gasteiger partial charge in [-0.05, 0) is 49.7 Å². The highest BCUT2D eigenvalue weighted by Crippen LogP contribution is 2.44. The maximum absolute atomic E-state index is 12.0. The molecule has 0 radical (unpaired) electrons. The van der Waals surface area contributed by atoms with Gasteiger partial charge in [0.1, 0.15) is 0 Å². The van der Waals surface area contributed by atoms with Crippen LogP contribution in [0.15, 0.2) is 18.3 Å². The minimum absolute atomic E-state index is 0.142. The quantitative estimate of drug-likeness (QED) is 0.767. The van der Waals surface area contributed by atoms with Crippen molar-refractivity contribution in [2.24, 2.45) is 11.8 Å². The molecule has 2 aliphatic rings. The third kappa shape index (κ3) is 2.89. The molecule has 2 amide bonds. The highest BCUT2D eigenvalue weighted by molar-refractivity contribution is 5.98. The average Bonchev–Trinajstić information content (AvgIpc) is 3.28. The molecule has 6 nitrogen and oxygen atoms in total. The molecule has 1 aromatic heterocycles. The lowest BCUT2D eigenvalue weighted by Gasteiger charge is -2.18. The van der Waals surface area contributed by atoms with E-state index in [9.17, 15) is 9.59 Å². The Bertz CT molecular complexity index is 526. The van der Waals surface area contributed by atoms with Crippen LogP contribution in [-0.2, 0) is 0 Å². The summed E-state index contributed by atoms with van der Waals surface area (Å²) in [6, 6.07) is 3.03. The maximum Gasteiger partial charge on any atom is 0.356 e. The first-order valence-electron chi connectivity index (χ1n) is 6.91. The molecule has 2 fully saturated rings. The van der Waals surface area contributed by atoms with E-state index in [0.29, 0.717) is 11.8 Å².